The predicted molar refractivity (Wildman–Crippen MR) is 98.2 cm³/mol. The van der Waals surface area contributed by atoms with Crippen molar-refractivity contribution in [2.24, 2.45) is 0 Å². The van der Waals surface area contributed by atoms with E-state index >= 15 is 0 Å². The Hall–Kier alpha value is -2.76. The van der Waals surface area contributed by atoms with Crippen molar-refractivity contribution < 1.29 is 14.3 Å². The third-order valence-corrected chi connectivity index (χ3v) is 4.98. The molecule has 26 heavy (non-hydrogen) atoms. The minimum atomic E-state index is -0.0837. The van der Waals surface area contributed by atoms with Gasteiger partial charge in [0, 0.05) is 36.7 Å². The maximum Gasteiger partial charge on any atom is 0.322 e. The number of carbonyl (C=O) groups excluding carboxylic acids is 1. The quantitative estimate of drug-likeness (QED) is 0.896. The highest BCUT2D eigenvalue weighted by molar-refractivity contribution is 5.90. The van der Waals surface area contributed by atoms with E-state index in [4.69, 9.17) is 9.47 Å². The molecule has 1 N–H and O–H groups in total. The average molecular weight is 353 g/mol. The van der Waals surface area contributed by atoms with Gasteiger partial charge >= 0.3 is 6.03 Å². The molecule has 2 heterocycles. The Morgan fingerprint density at radius 2 is 2.00 bits per heavy atom. The first kappa shape index (κ1) is 16.7. The van der Waals surface area contributed by atoms with Gasteiger partial charge in [0.05, 0.1) is 0 Å². The Balaban J connectivity index is 1.51. The molecule has 6 nitrogen and oxygen atoms in total. The van der Waals surface area contributed by atoms with Crippen molar-refractivity contribution in [1.29, 1.82) is 0 Å². The van der Waals surface area contributed by atoms with E-state index < -0.39 is 0 Å². The lowest BCUT2D eigenvalue weighted by Gasteiger charge is -2.34. The van der Waals surface area contributed by atoms with E-state index in [-0.39, 0.29) is 18.9 Å². The molecule has 1 aromatic heterocycles. The van der Waals surface area contributed by atoms with Crippen LogP contribution < -0.4 is 14.8 Å². The summed E-state index contributed by atoms with van der Waals surface area (Å²) in [5.74, 6) is 1.38. The normalized spacial score (nSPS) is 16.3. The number of nitrogens with one attached hydrogen (secondary N) is 1. The molecule has 4 rings (SSSR count). The Labute approximate surface area is 153 Å². The van der Waals surface area contributed by atoms with Crippen LogP contribution in [0.3, 0.4) is 0 Å². The van der Waals surface area contributed by atoms with E-state index in [0.29, 0.717) is 23.7 Å². The Bertz CT molecular complexity index is 760. The van der Waals surface area contributed by atoms with Crippen LogP contribution in [0.1, 0.15) is 37.7 Å². The first-order valence-electron chi connectivity index (χ1n) is 9.16. The summed E-state index contributed by atoms with van der Waals surface area (Å²) in [5, 5.41) is 3.02. The zero-order valence-corrected chi connectivity index (χ0v) is 14.7. The van der Waals surface area contributed by atoms with E-state index in [1.54, 1.807) is 6.20 Å². The SMILES string of the molecule is O=C(Nc1ccc2c(c1)OCO2)N(Cc1cccnc1)C1CCCCC1. The van der Waals surface area contributed by atoms with E-state index in [9.17, 15) is 4.79 Å². The van der Waals surface area contributed by atoms with E-state index in [0.717, 1.165) is 18.4 Å². The van der Waals surface area contributed by atoms with Crippen LogP contribution in [0, 0.1) is 0 Å². The largest absolute Gasteiger partial charge is 0.454 e. The highest BCUT2D eigenvalue weighted by Crippen LogP contribution is 2.34. The second kappa shape index (κ2) is 7.64. The number of carbonyl (C=O) groups is 1. The molecule has 1 aliphatic heterocycles. The van der Waals surface area contributed by atoms with Gasteiger partial charge in [0.25, 0.3) is 0 Å². The highest BCUT2D eigenvalue weighted by atomic mass is 16.7. The summed E-state index contributed by atoms with van der Waals surface area (Å²) in [6.45, 7) is 0.789. The number of anilines is 1. The van der Waals surface area contributed by atoms with E-state index in [1.165, 1.54) is 19.3 Å². The van der Waals surface area contributed by atoms with Crippen molar-refractivity contribution in [3.05, 3.63) is 48.3 Å². The molecule has 2 amide bonds. The Morgan fingerprint density at radius 1 is 1.15 bits per heavy atom. The molecule has 1 fully saturated rings. The molecule has 1 saturated carbocycles. The topological polar surface area (TPSA) is 63.7 Å². The van der Waals surface area contributed by atoms with Gasteiger partial charge in [0.2, 0.25) is 6.79 Å². The smallest absolute Gasteiger partial charge is 0.322 e. The number of ether oxygens (including phenoxy) is 2. The molecule has 0 spiro atoms. The third-order valence-electron chi connectivity index (χ3n) is 4.98. The van der Waals surface area contributed by atoms with Crippen molar-refractivity contribution in [3.63, 3.8) is 0 Å². The van der Waals surface area contributed by atoms with Gasteiger partial charge < -0.3 is 19.7 Å². The summed E-state index contributed by atoms with van der Waals surface area (Å²) >= 11 is 0. The number of fused-ring (bicyclic) bond motifs is 1. The van der Waals surface area contributed by atoms with Crippen molar-refractivity contribution in [2.45, 2.75) is 44.7 Å². The maximum atomic E-state index is 13.0. The zero-order chi connectivity index (χ0) is 17.8. The molecule has 2 aliphatic rings. The van der Waals surface area contributed by atoms with Gasteiger partial charge in [-0.05, 0) is 36.6 Å². The van der Waals surface area contributed by atoms with Crippen LogP contribution in [-0.4, -0.2) is 28.7 Å². The molecule has 0 saturated heterocycles. The van der Waals surface area contributed by atoms with Gasteiger partial charge in [0.1, 0.15) is 0 Å². The number of hydrogen-bond acceptors (Lipinski definition) is 4. The molecular formula is C20H23N3O3. The molecule has 136 valence electrons. The van der Waals surface area contributed by atoms with E-state index in [1.807, 2.05) is 41.4 Å². The molecule has 1 aromatic carbocycles. The third kappa shape index (κ3) is 3.74. The second-order valence-corrected chi connectivity index (χ2v) is 6.78. The van der Waals surface area contributed by atoms with Crippen LogP contribution in [-0.2, 0) is 6.54 Å². The number of rotatable bonds is 4. The van der Waals surface area contributed by atoms with Gasteiger partial charge in [-0.2, -0.15) is 0 Å². The highest BCUT2D eigenvalue weighted by Gasteiger charge is 2.26. The molecule has 0 radical (unpaired) electrons. The number of hydrogen-bond donors (Lipinski definition) is 1. The zero-order valence-electron chi connectivity index (χ0n) is 14.7. The lowest BCUT2D eigenvalue weighted by atomic mass is 9.94. The molecule has 0 unspecified atom stereocenters. The molecule has 2 aromatic rings. The number of amides is 2. The number of benzene rings is 1. The fraction of sp³-hybridized carbons (Fsp3) is 0.400. The second-order valence-electron chi connectivity index (χ2n) is 6.78. The first-order valence-corrected chi connectivity index (χ1v) is 9.16. The fourth-order valence-electron chi connectivity index (χ4n) is 3.62. The van der Waals surface area contributed by atoms with Crippen LogP contribution in [0.5, 0.6) is 11.5 Å². The minimum Gasteiger partial charge on any atom is -0.454 e. The summed E-state index contributed by atoms with van der Waals surface area (Å²) in [6, 6.07) is 9.57. The van der Waals surface area contributed by atoms with Crippen LogP contribution in [0.15, 0.2) is 42.7 Å². The van der Waals surface area contributed by atoms with Gasteiger partial charge in [-0.15, -0.1) is 0 Å². The Morgan fingerprint density at radius 3 is 2.81 bits per heavy atom. The summed E-state index contributed by atoms with van der Waals surface area (Å²) in [4.78, 5) is 19.2. The average Bonchev–Trinajstić information content (AvgIpc) is 3.15. The molecule has 0 bridgehead atoms. The molecule has 0 atom stereocenters. The number of aromatic nitrogens is 1. The van der Waals surface area contributed by atoms with Crippen LogP contribution >= 0.6 is 0 Å². The number of urea groups is 1. The molecular weight excluding hydrogens is 330 g/mol. The summed E-state index contributed by atoms with van der Waals surface area (Å²) in [5.41, 5.74) is 1.75. The van der Waals surface area contributed by atoms with Crippen LogP contribution in [0.2, 0.25) is 0 Å². The first-order chi connectivity index (χ1) is 12.8. The number of nitrogens with zero attached hydrogens (tertiary/aromatic N) is 2. The summed E-state index contributed by atoms with van der Waals surface area (Å²) < 4.78 is 10.7. The van der Waals surface area contributed by atoms with Gasteiger partial charge in [-0.3, -0.25) is 4.98 Å². The van der Waals surface area contributed by atoms with Crippen LogP contribution in [0.4, 0.5) is 10.5 Å². The van der Waals surface area contributed by atoms with Crippen molar-refractivity contribution in [1.82, 2.24) is 9.88 Å². The van der Waals surface area contributed by atoms with Crippen molar-refractivity contribution in [3.8, 4) is 11.5 Å². The Kier molecular flexibility index (Phi) is 4.91. The molecule has 1 aliphatic carbocycles. The van der Waals surface area contributed by atoms with E-state index in [2.05, 4.69) is 10.3 Å². The lowest BCUT2D eigenvalue weighted by molar-refractivity contribution is 0.162. The predicted octanol–water partition coefficient (Wildman–Crippen LogP) is 4.18. The van der Waals surface area contributed by atoms with Crippen molar-refractivity contribution in [2.75, 3.05) is 12.1 Å². The summed E-state index contributed by atoms with van der Waals surface area (Å²) in [7, 11) is 0. The summed E-state index contributed by atoms with van der Waals surface area (Å²) in [6.07, 6.45) is 9.27. The fourth-order valence-corrected chi connectivity index (χ4v) is 3.62. The lowest BCUT2D eigenvalue weighted by Crippen LogP contribution is -2.43. The van der Waals surface area contributed by atoms with Crippen molar-refractivity contribution >= 4 is 11.7 Å². The molecule has 6 heteroatoms. The van der Waals surface area contributed by atoms with Gasteiger partial charge in [0.15, 0.2) is 11.5 Å². The standard InChI is InChI=1S/C20H23N3O3/c24-20(22-16-8-9-18-19(11-16)26-14-25-18)23(17-6-2-1-3-7-17)13-15-5-4-10-21-12-15/h4-5,8-12,17H,1-3,6-7,13-14H2,(H,22,24). The van der Waals surface area contributed by atoms with Gasteiger partial charge in [-0.1, -0.05) is 25.3 Å². The minimum absolute atomic E-state index is 0.0837. The number of pyridine rings is 1. The van der Waals surface area contributed by atoms with Gasteiger partial charge in [-0.25, -0.2) is 4.79 Å². The monoisotopic (exact) mass is 353 g/mol. The maximum absolute atomic E-state index is 13.0. The van der Waals surface area contributed by atoms with Crippen LogP contribution in [0.25, 0.3) is 0 Å².